The number of nitrogens with one attached hydrogen (secondary N) is 1. The van der Waals surface area contributed by atoms with Crippen LogP contribution in [0.5, 0.6) is 0 Å². The number of hydrogen-bond donors (Lipinski definition) is 1. The molecule has 0 aliphatic carbocycles. The fourth-order valence-electron chi connectivity index (χ4n) is 6.28. The first kappa shape index (κ1) is 28.2. The molecule has 6 heterocycles. The summed E-state index contributed by atoms with van der Waals surface area (Å²) in [7, 11) is 2.04. The molecule has 15 heteroatoms. The monoisotopic (exact) mass is 588 g/mol. The molecule has 3 aliphatic heterocycles. The van der Waals surface area contributed by atoms with Gasteiger partial charge >= 0.3 is 6.18 Å². The molecule has 3 unspecified atom stereocenters. The first-order valence-electron chi connectivity index (χ1n) is 14.3. The second-order valence-corrected chi connectivity index (χ2v) is 11.6. The van der Waals surface area contributed by atoms with E-state index in [4.69, 9.17) is 4.98 Å². The van der Waals surface area contributed by atoms with Crippen LogP contribution in [0.15, 0.2) is 30.7 Å². The summed E-state index contributed by atoms with van der Waals surface area (Å²) in [6.07, 6.45) is 1.21. The molecular weight excluding hydrogens is 553 g/mol. The van der Waals surface area contributed by atoms with Gasteiger partial charge in [0.2, 0.25) is 17.8 Å². The molecule has 3 aromatic rings. The van der Waals surface area contributed by atoms with Crippen molar-refractivity contribution in [3.05, 3.63) is 30.7 Å². The van der Waals surface area contributed by atoms with E-state index in [2.05, 4.69) is 25.3 Å². The van der Waals surface area contributed by atoms with Crippen molar-refractivity contribution in [1.29, 1.82) is 0 Å². The Bertz CT molecular complexity index is 1430. The Kier molecular flexibility index (Phi) is 7.45. The first-order valence-corrected chi connectivity index (χ1v) is 14.3. The SMILES string of the molecule is CC(CC(F)(F)F)C(=O)N1C2CCC1CN(c1cccn3nc(Nc4cnn(CC(=O)N5CCN(C)CC5)c4)nc13)C2. The molecule has 3 saturated heterocycles. The van der Waals surface area contributed by atoms with Crippen LogP contribution >= 0.6 is 0 Å². The van der Waals surface area contributed by atoms with Gasteiger partial charge in [-0.15, -0.1) is 5.10 Å². The zero-order valence-electron chi connectivity index (χ0n) is 23.7. The van der Waals surface area contributed by atoms with E-state index in [1.165, 1.54) is 6.92 Å². The van der Waals surface area contributed by atoms with Crippen LogP contribution in [0.25, 0.3) is 5.65 Å². The third kappa shape index (κ3) is 5.87. The van der Waals surface area contributed by atoms with Gasteiger partial charge < -0.3 is 24.9 Å². The highest BCUT2D eigenvalue weighted by Crippen LogP contribution is 2.36. The van der Waals surface area contributed by atoms with E-state index in [0.717, 1.165) is 31.6 Å². The molecule has 2 bridgehead atoms. The van der Waals surface area contributed by atoms with Gasteiger partial charge in [-0.2, -0.15) is 23.3 Å². The average Bonchev–Trinajstić information content (AvgIpc) is 3.62. The molecule has 42 heavy (non-hydrogen) atoms. The average molecular weight is 589 g/mol. The van der Waals surface area contributed by atoms with Crippen LogP contribution in [-0.2, 0) is 16.1 Å². The molecule has 3 atom stereocenters. The Balaban J connectivity index is 1.12. The summed E-state index contributed by atoms with van der Waals surface area (Å²) >= 11 is 0. The van der Waals surface area contributed by atoms with Gasteiger partial charge in [-0.1, -0.05) is 6.92 Å². The Morgan fingerprint density at radius 3 is 2.52 bits per heavy atom. The number of carbonyl (C=O) groups is 2. The summed E-state index contributed by atoms with van der Waals surface area (Å²) in [5, 5.41) is 12.0. The summed E-state index contributed by atoms with van der Waals surface area (Å²) in [6.45, 7) is 5.68. The summed E-state index contributed by atoms with van der Waals surface area (Å²) in [6, 6.07) is 3.52. The maximum Gasteiger partial charge on any atom is 0.389 e. The van der Waals surface area contributed by atoms with Gasteiger partial charge in [-0.05, 0) is 32.0 Å². The summed E-state index contributed by atoms with van der Waals surface area (Å²) in [4.78, 5) is 38.2. The number of anilines is 3. The lowest BCUT2D eigenvalue weighted by atomic mass is 10.0. The van der Waals surface area contributed by atoms with Crippen LogP contribution in [0.1, 0.15) is 26.2 Å². The second kappa shape index (κ2) is 11.1. The van der Waals surface area contributed by atoms with E-state index in [-0.39, 0.29) is 24.5 Å². The van der Waals surface area contributed by atoms with Gasteiger partial charge in [0.15, 0.2) is 5.65 Å². The van der Waals surface area contributed by atoms with Gasteiger partial charge in [0.1, 0.15) is 6.54 Å². The molecule has 12 nitrogen and oxygen atoms in total. The molecule has 3 aromatic heterocycles. The predicted octanol–water partition coefficient (Wildman–Crippen LogP) is 2.21. The van der Waals surface area contributed by atoms with Crippen molar-refractivity contribution < 1.29 is 22.8 Å². The largest absolute Gasteiger partial charge is 0.389 e. The highest BCUT2D eigenvalue weighted by molar-refractivity contribution is 5.80. The zero-order chi connectivity index (χ0) is 29.6. The standard InChI is InChI=1S/C27H35F3N10O2/c1-18(12-27(28,29)30)25(42)40-20-5-6-21(40)16-37(15-20)22-4-3-7-39-24(22)33-26(34-39)32-19-13-31-38(14-19)17-23(41)36-10-8-35(2)9-11-36/h3-4,7,13-14,18,20-21H,5-6,8-12,15-17H2,1-2H3,(H,32,34). The minimum Gasteiger partial charge on any atom is -0.364 e. The number of aromatic nitrogens is 5. The van der Waals surface area contributed by atoms with Crippen LogP contribution in [0.4, 0.5) is 30.5 Å². The molecule has 1 N–H and O–H groups in total. The topological polar surface area (TPSA) is 107 Å². The van der Waals surface area contributed by atoms with Crippen molar-refractivity contribution in [2.24, 2.45) is 5.92 Å². The number of piperazine rings is 2. The Hall–Kier alpha value is -3.88. The minimum absolute atomic E-state index is 0.0267. The smallest absolute Gasteiger partial charge is 0.364 e. The van der Waals surface area contributed by atoms with E-state index >= 15 is 0 Å². The van der Waals surface area contributed by atoms with Crippen molar-refractivity contribution in [1.82, 2.24) is 39.1 Å². The number of likely N-dealkylation sites (N-methyl/N-ethyl adjacent to an activating group) is 1. The molecule has 226 valence electrons. The molecule has 0 aromatic carbocycles. The normalized spacial score (nSPS) is 22.2. The maximum atomic E-state index is 13.0. The summed E-state index contributed by atoms with van der Waals surface area (Å²) in [5.74, 6) is -1.12. The zero-order valence-corrected chi connectivity index (χ0v) is 23.7. The van der Waals surface area contributed by atoms with Crippen molar-refractivity contribution in [2.45, 2.75) is 51.0 Å². The number of halogens is 3. The van der Waals surface area contributed by atoms with Crippen molar-refractivity contribution >= 4 is 34.8 Å². The highest BCUT2D eigenvalue weighted by atomic mass is 19.4. The van der Waals surface area contributed by atoms with Crippen LogP contribution in [0.2, 0.25) is 0 Å². The van der Waals surface area contributed by atoms with Crippen molar-refractivity contribution in [3.63, 3.8) is 0 Å². The predicted molar refractivity (Wildman–Crippen MR) is 148 cm³/mol. The van der Waals surface area contributed by atoms with E-state index < -0.39 is 24.4 Å². The Morgan fingerprint density at radius 2 is 1.83 bits per heavy atom. The lowest BCUT2D eigenvalue weighted by Gasteiger charge is -2.43. The van der Waals surface area contributed by atoms with Crippen molar-refractivity contribution in [3.8, 4) is 0 Å². The van der Waals surface area contributed by atoms with Crippen LogP contribution in [0.3, 0.4) is 0 Å². The molecule has 2 amide bonds. The molecule has 3 aliphatic rings. The summed E-state index contributed by atoms with van der Waals surface area (Å²) < 4.78 is 42.0. The van der Waals surface area contributed by atoms with E-state index in [1.54, 1.807) is 32.7 Å². The quantitative estimate of drug-likeness (QED) is 0.448. The van der Waals surface area contributed by atoms with E-state index in [0.29, 0.717) is 43.5 Å². The molecule has 0 spiro atoms. The molecule has 3 fully saturated rings. The van der Waals surface area contributed by atoms with Gasteiger partial charge in [0, 0.05) is 69.7 Å². The third-order valence-electron chi connectivity index (χ3n) is 8.42. The molecule has 6 rings (SSSR count). The fourth-order valence-corrected chi connectivity index (χ4v) is 6.28. The van der Waals surface area contributed by atoms with Crippen molar-refractivity contribution in [2.75, 3.05) is 56.5 Å². The number of rotatable bonds is 7. The Morgan fingerprint density at radius 1 is 1.12 bits per heavy atom. The van der Waals surface area contributed by atoms with E-state index in [1.807, 2.05) is 24.1 Å². The second-order valence-electron chi connectivity index (χ2n) is 11.6. The molecule has 0 radical (unpaired) electrons. The highest BCUT2D eigenvalue weighted by Gasteiger charge is 2.45. The van der Waals surface area contributed by atoms with Crippen LogP contribution in [-0.4, -0.2) is 115 Å². The van der Waals surface area contributed by atoms with Gasteiger partial charge in [-0.25, -0.2) is 4.52 Å². The van der Waals surface area contributed by atoms with E-state index in [9.17, 15) is 22.8 Å². The van der Waals surface area contributed by atoms with Crippen LogP contribution in [0, 0.1) is 5.92 Å². The van der Waals surface area contributed by atoms with Crippen LogP contribution < -0.4 is 10.2 Å². The first-order chi connectivity index (χ1) is 20.0. The fraction of sp³-hybridized carbons (Fsp3) is 0.593. The molecular formula is C27H35F3N10O2. The van der Waals surface area contributed by atoms with Gasteiger partial charge in [0.05, 0.1) is 24.0 Å². The third-order valence-corrected chi connectivity index (χ3v) is 8.42. The number of nitrogens with zero attached hydrogens (tertiary/aromatic N) is 9. The number of alkyl halides is 3. The minimum atomic E-state index is -4.37. The number of pyridine rings is 1. The lowest BCUT2D eigenvalue weighted by Crippen LogP contribution is -2.57. The molecule has 0 saturated carbocycles. The number of carbonyl (C=O) groups excluding carboxylic acids is 2. The number of hydrogen-bond acceptors (Lipinski definition) is 8. The maximum absolute atomic E-state index is 13.0. The lowest BCUT2D eigenvalue weighted by molar-refractivity contribution is -0.160. The Labute approximate surface area is 241 Å². The number of amides is 2. The van der Waals surface area contributed by atoms with Gasteiger partial charge in [0.25, 0.3) is 0 Å². The van der Waals surface area contributed by atoms with Gasteiger partial charge in [-0.3, -0.25) is 14.3 Å². The number of fused-ring (bicyclic) bond motifs is 3. The summed E-state index contributed by atoms with van der Waals surface area (Å²) in [5.41, 5.74) is 2.12.